The summed E-state index contributed by atoms with van der Waals surface area (Å²) in [6.45, 7) is 0. The Labute approximate surface area is 112 Å². The SMILES string of the molecule is CS(=O)(=O)CCS(=O)(=O)Nc1ccc(C(=N)N)cc1. The summed E-state index contributed by atoms with van der Waals surface area (Å²) in [5.41, 5.74) is 6.03. The molecule has 0 saturated heterocycles. The Morgan fingerprint density at radius 1 is 1.16 bits per heavy atom. The Hall–Kier alpha value is -1.61. The van der Waals surface area contributed by atoms with Crippen molar-refractivity contribution in [1.82, 2.24) is 0 Å². The lowest BCUT2D eigenvalue weighted by Gasteiger charge is -2.08. The molecule has 0 aliphatic carbocycles. The Morgan fingerprint density at radius 2 is 1.68 bits per heavy atom. The number of sulfone groups is 1. The monoisotopic (exact) mass is 305 g/mol. The maximum Gasteiger partial charge on any atom is 0.233 e. The van der Waals surface area contributed by atoms with E-state index in [1.165, 1.54) is 24.3 Å². The van der Waals surface area contributed by atoms with E-state index in [0.29, 0.717) is 11.3 Å². The van der Waals surface area contributed by atoms with Crippen LogP contribution in [0.5, 0.6) is 0 Å². The summed E-state index contributed by atoms with van der Waals surface area (Å²) in [5.74, 6) is -1.06. The van der Waals surface area contributed by atoms with Gasteiger partial charge in [-0.1, -0.05) is 0 Å². The van der Waals surface area contributed by atoms with Crippen LogP contribution in [0.2, 0.25) is 0 Å². The van der Waals surface area contributed by atoms with Crippen molar-refractivity contribution in [2.75, 3.05) is 22.5 Å². The maximum atomic E-state index is 11.6. The van der Waals surface area contributed by atoms with Gasteiger partial charge in [0, 0.05) is 17.5 Å². The highest BCUT2D eigenvalue weighted by molar-refractivity contribution is 7.95. The third-order valence-corrected chi connectivity index (χ3v) is 4.68. The molecule has 9 heteroatoms. The number of amidine groups is 1. The van der Waals surface area contributed by atoms with Crippen LogP contribution in [0, 0.1) is 5.41 Å². The van der Waals surface area contributed by atoms with Gasteiger partial charge in [-0.2, -0.15) is 0 Å². The third-order valence-electron chi connectivity index (χ3n) is 2.19. The molecule has 106 valence electrons. The minimum atomic E-state index is -3.72. The summed E-state index contributed by atoms with van der Waals surface area (Å²) >= 11 is 0. The van der Waals surface area contributed by atoms with Crippen LogP contribution in [0.15, 0.2) is 24.3 Å². The zero-order valence-electron chi connectivity index (χ0n) is 10.3. The van der Waals surface area contributed by atoms with Gasteiger partial charge < -0.3 is 5.73 Å². The van der Waals surface area contributed by atoms with E-state index in [1.807, 2.05) is 0 Å². The van der Waals surface area contributed by atoms with Gasteiger partial charge in [0.25, 0.3) is 0 Å². The number of anilines is 1. The second-order valence-corrected chi connectivity index (χ2v) is 8.14. The quantitative estimate of drug-likeness (QED) is 0.493. The van der Waals surface area contributed by atoms with Gasteiger partial charge in [0.2, 0.25) is 10.0 Å². The molecule has 0 aromatic heterocycles. The molecule has 0 aliphatic rings. The van der Waals surface area contributed by atoms with Crippen molar-refractivity contribution >= 4 is 31.4 Å². The fraction of sp³-hybridized carbons (Fsp3) is 0.300. The van der Waals surface area contributed by atoms with E-state index in [2.05, 4.69) is 4.72 Å². The van der Waals surface area contributed by atoms with Gasteiger partial charge in [-0.15, -0.1) is 0 Å². The average Bonchev–Trinajstić information content (AvgIpc) is 2.26. The van der Waals surface area contributed by atoms with E-state index in [4.69, 9.17) is 11.1 Å². The molecule has 0 unspecified atom stereocenters. The molecule has 0 aliphatic heterocycles. The van der Waals surface area contributed by atoms with Crippen LogP contribution >= 0.6 is 0 Å². The lowest BCUT2D eigenvalue weighted by molar-refractivity contribution is 0.593. The van der Waals surface area contributed by atoms with Gasteiger partial charge in [-0.25, -0.2) is 16.8 Å². The summed E-state index contributed by atoms with van der Waals surface area (Å²) in [5, 5.41) is 7.19. The van der Waals surface area contributed by atoms with E-state index < -0.39 is 31.4 Å². The lowest BCUT2D eigenvalue weighted by atomic mass is 10.2. The van der Waals surface area contributed by atoms with E-state index >= 15 is 0 Å². The topological polar surface area (TPSA) is 130 Å². The summed E-state index contributed by atoms with van der Waals surface area (Å²) in [7, 11) is -7.05. The number of nitrogen functional groups attached to an aromatic ring is 1. The fourth-order valence-corrected chi connectivity index (χ4v) is 3.90. The first-order valence-corrected chi connectivity index (χ1v) is 8.93. The molecular formula is C10H15N3O4S2. The highest BCUT2D eigenvalue weighted by atomic mass is 32.2. The Bertz CT molecular complexity index is 663. The van der Waals surface area contributed by atoms with Crippen molar-refractivity contribution in [3.8, 4) is 0 Å². The maximum absolute atomic E-state index is 11.6. The van der Waals surface area contributed by atoms with E-state index in [9.17, 15) is 16.8 Å². The van der Waals surface area contributed by atoms with Gasteiger partial charge in [-0.05, 0) is 24.3 Å². The van der Waals surface area contributed by atoms with E-state index in [0.717, 1.165) is 6.26 Å². The van der Waals surface area contributed by atoms with Crippen LogP contribution in [-0.4, -0.2) is 40.4 Å². The molecule has 0 radical (unpaired) electrons. The number of rotatable bonds is 6. The lowest BCUT2D eigenvalue weighted by Crippen LogP contribution is -2.22. The Kier molecular flexibility index (Phi) is 4.53. The number of benzene rings is 1. The molecule has 1 aromatic carbocycles. The zero-order chi connectivity index (χ0) is 14.7. The largest absolute Gasteiger partial charge is 0.384 e. The third kappa shape index (κ3) is 5.71. The predicted octanol–water partition coefficient (Wildman–Crippen LogP) is -0.243. The molecule has 0 amide bonds. The molecule has 1 rings (SSSR count). The Balaban J connectivity index is 2.76. The zero-order valence-corrected chi connectivity index (χ0v) is 11.9. The normalized spacial score (nSPS) is 12.1. The van der Waals surface area contributed by atoms with Crippen LogP contribution < -0.4 is 10.5 Å². The van der Waals surface area contributed by atoms with Crippen LogP contribution in [0.25, 0.3) is 0 Å². The molecule has 7 nitrogen and oxygen atoms in total. The summed E-state index contributed by atoms with van der Waals surface area (Å²) in [6, 6.07) is 5.90. The number of nitrogens with one attached hydrogen (secondary N) is 2. The van der Waals surface area contributed by atoms with Crippen molar-refractivity contribution < 1.29 is 16.8 Å². The van der Waals surface area contributed by atoms with Crippen molar-refractivity contribution in [2.24, 2.45) is 5.73 Å². The van der Waals surface area contributed by atoms with E-state index in [1.54, 1.807) is 0 Å². The van der Waals surface area contributed by atoms with Gasteiger partial charge in [-0.3, -0.25) is 10.1 Å². The van der Waals surface area contributed by atoms with Crippen molar-refractivity contribution in [3.05, 3.63) is 29.8 Å². The molecule has 0 heterocycles. The molecular weight excluding hydrogens is 290 g/mol. The van der Waals surface area contributed by atoms with E-state index in [-0.39, 0.29) is 5.84 Å². The van der Waals surface area contributed by atoms with Gasteiger partial charge in [0.05, 0.1) is 11.5 Å². The van der Waals surface area contributed by atoms with Crippen LogP contribution in [-0.2, 0) is 19.9 Å². The van der Waals surface area contributed by atoms with Crippen molar-refractivity contribution in [3.63, 3.8) is 0 Å². The van der Waals surface area contributed by atoms with Crippen molar-refractivity contribution in [2.45, 2.75) is 0 Å². The number of hydrogen-bond acceptors (Lipinski definition) is 5. The first-order valence-electron chi connectivity index (χ1n) is 5.22. The molecule has 19 heavy (non-hydrogen) atoms. The average molecular weight is 305 g/mol. The summed E-state index contributed by atoms with van der Waals surface area (Å²) in [4.78, 5) is 0. The van der Waals surface area contributed by atoms with Crippen LogP contribution in [0.1, 0.15) is 5.56 Å². The predicted molar refractivity (Wildman–Crippen MR) is 74.6 cm³/mol. The second kappa shape index (κ2) is 5.57. The second-order valence-electron chi connectivity index (χ2n) is 4.04. The summed E-state index contributed by atoms with van der Waals surface area (Å²) in [6.07, 6.45) is 0.976. The highest BCUT2D eigenvalue weighted by Crippen LogP contribution is 2.11. The standard InChI is InChI=1S/C10H15N3O4S2/c1-18(14,15)6-7-19(16,17)13-9-4-2-8(3-5-9)10(11)12/h2-5,13H,6-7H2,1H3,(H3,11,12). The van der Waals surface area contributed by atoms with Gasteiger partial charge in [0.1, 0.15) is 15.7 Å². The van der Waals surface area contributed by atoms with Crippen LogP contribution in [0.4, 0.5) is 5.69 Å². The van der Waals surface area contributed by atoms with Gasteiger partial charge >= 0.3 is 0 Å². The first kappa shape index (κ1) is 15.4. The molecule has 0 saturated carbocycles. The summed E-state index contributed by atoms with van der Waals surface area (Å²) < 4.78 is 47.3. The molecule has 0 spiro atoms. The minimum absolute atomic E-state index is 0.119. The van der Waals surface area contributed by atoms with Gasteiger partial charge in [0.15, 0.2) is 0 Å². The molecule has 0 atom stereocenters. The minimum Gasteiger partial charge on any atom is -0.384 e. The molecule has 1 aromatic rings. The Morgan fingerprint density at radius 3 is 2.11 bits per heavy atom. The van der Waals surface area contributed by atoms with Crippen molar-refractivity contribution in [1.29, 1.82) is 5.41 Å². The molecule has 0 fully saturated rings. The molecule has 0 bridgehead atoms. The number of nitrogens with two attached hydrogens (primary N) is 1. The fourth-order valence-electron chi connectivity index (χ4n) is 1.21. The smallest absolute Gasteiger partial charge is 0.233 e. The number of sulfonamides is 1. The van der Waals surface area contributed by atoms with Crippen LogP contribution in [0.3, 0.4) is 0 Å². The highest BCUT2D eigenvalue weighted by Gasteiger charge is 2.14. The molecule has 4 N–H and O–H groups in total. The first-order chi connectivity index (χ1) is 8.59. The number of hydrogen-bond donors (Lipinski definition) is 3.